The third-order valence-electron chi connectivity index (χ3n) is 3.50. The van der Waals surface area contributed by atoms with E-state index in [0.717, 1.165) is 0 Å². The standard InChI is InChI=1S/C16H11ClO3/c1-20-9-6-7-12(13(17)8-9)14-15(18)10-4-2-3-5-11(10)16(14)19/h2-8,14H,1H3. The van der Waals surface area contributed by atoms with E-state index in [0.29, 0.717) is 27.5 Å². The van der Waals surface area contributed by atoms with Crippen LogP contribution in [0, 0.1) is 0 Å². The second-order valence-electron chi connectivity index (χ2n) is 4.59. The Morgan fingerprint density at radius 2 is 1.60 bits per heavy atom. The normalized spacial score (nSPS) is 14.5. The quantitative estimate of drug-likeness (QED) is 0.794. The van der Waals surface area contributed by atoms with Gasteiger partial charge in [-0.05, 0) is 17.7 Å². The lowest BCUT2D eigenvalue weighted by molar-refractivity contribution is 0.0890. The minimum Gasteiger partial charge on any atom is -0.497 e. The van der Waals surface area contributed by atoms with Gasteiger partial charge in [-0.25, -0.2) is 0 Å². The van der Waals surface area contributed by atoms with Gasteiger partial charge < -0.3 is 4.74 Å². The van der Waals surface area contributed by atoms with E-state index in [1.54, 1.807) is 42.5 Å². The Bertz CT molecular complexity index is 686. The Hall–Kier alpha value is -2.13. The molecule has 0 saturated heterocycles. The van der Waals surface area contributed by atoms with Crippen molar-refractivity contribution in [2.45, 2.75) is 5.92 Å². The lowest BCUT2D eigenvalue weighted by Crippen LogP contribution is -2.13. The van der Waals surface area contributed by atoms with Crippen molar-refractivity contribution in [3.8, 4) is 5.75 Å². The maximum Gasteiger partial charge on any atom is 0.178 e. The largest absolute Gasteiger partial charge is 0.497 e. The molecule has 0 N–H and O–H groups in total. The number of benzene rings is 2. The first-order valence-electron chi connectivity index (χ1n) is 6.14. The van der Waals surface area contributed by atoms with Crippen molar-refractivity contribution < 1.29 is 14.3 Å². The van der Waals surface area contributed by atoms with Gasteiger partial charge in [0.05, 0.1) is 7.11 Å². The average molecular weight is 287 g/mol. The summed E-state index contributed by atoms with van der Waals surface area (Å²) in [5.41, 5.74) is 1.46. The molecule has 100 valence electrons. The van der Waals surface area contributed by atoms with E-state index in [-0.39, 0.29) is 11.6 Å². The molecule has 20 heavy (non-hydrogen) atoms. The Morgan fingerprint density at radius 3 is 2.10 bits per heavy atom. The van der Waals surface area contributed by atoms with Gasteiger partial charge in [-0.15, -0.1) is 0 Å². The zero-order chi connectivity index (χ0) is 14.3. The summed E-state index contributed by atoms with van der Waals surface area (Å²) in [6.45, 7) is 0. The van der Waals surface area contributed by atoms with Crippen LogP contribution in [0.25, 0.3) is 0 Å². The number of fused-ring (bicyclic) bond motifs is 1. The molecule has 0 atom stereocenters. The molecule has 0 fully saturated rings. The number of hydrogen-bond acceptors (Lipinski definition) is 3. The zero-order valence-electron chi connectivity index (χ0n) is 10.7. The van der Waals surface area contributed by atoms with Crippen molar-refractivity contribution in [2.24, 2.45) is 0 Å². The van der Waals surface area contributed by atoms with E-state index in [1.165, 1.54) is 7.11 Å². The molecule has 4 heteroatoms. The van der Waals surface area contributed by atoms with Crippen LogP contribution in [0.2, 0.25) is 5.02 Å². The molecule has 0 aromatic heterocycles. The van der Waals surface area contributed by atoms with Crippen LogP contribution in [-0.2, 0) is 0 Å². The maximum atomic E-state index is 12.4. The number of halogens is 1. The van der Waals surface area contributed by atoms with E-state index in [1.807, 2.05) is 0 Å². The van der Waals surface area contributed by atoms with Gasteiger partial charge in [0, 0.05) is 16.1 Å². The van der Waals surface area contributed by atoms with Crippen molar-refractivity contribution >= 4 is 23.2 Å². The molecular formula is C16H11ClO3. The Kier molecular flexibility index (Phi) is 3.07. The van der Waals surface area contributed by atoms with E-state index in [2.05, 4.69) is 0 Å². The molecule has 0 bridgehead atoms. The van der Waals surface area contributed by atoms with Crippen LogP contribution in [0.15, 0.2) is 42.5 Å². The highest BCUT2D eigenvalue weighted by Gasteiger charge is 2.40. The van der Waals surface area contributed by atoms with E-state index in [9.17, 15) is 9.59 Å². The second-order valence-corrected chi connectivity index (χ2v) is 5.00. The molecule has 0 spiro atoms. The van der Waals surface area contributed by atoms with Crippen LogP contribution in [0.3, 0.4) is 0 Å². The van der Waals surface area contributed by atoms with E-state index >= 15 is 0 Å². The van der Waals surface area contributed by atoms with Crippen LogP contribution in [0.5, 0.6) is 5.75 Å². The molecular weight excluding hydrogens is 276 g/mol. The average Bonchev–Trinajstić information content (AvgIpc) is 2.72. The van der Waals surface area contributed by atoms with Gasteiger partial charge in [0.1, 0.15) is 11.7 Å². The number of ether oxygens (including phenoxy) is 1. The molecule has 0 radical (unpaired) electrons. The SMILES string of the molecule is COc1ccc(C2C(=O)c3ccccc3C2=O)c(Cl)c1. The van der Waals surface area contributed by atoms with Crippen LogP contribution < -0.4 is 4.74 Å². The second kappa shape index (κ2) is 4.76. The fourth-order valence-electron chi connectivity index (χ4n) is 2.49. The molecule has 0 heterocycles. The van der Waals surface area contributed by atoms with Crippen molar-refractivity contribution in [3.05, 3.63) is 64.2 Å². The van der Waals surface area contributed by atoms with Crippen molar-refractivity contribution in [2.75, 3.05) is 7.11 Å². The molecule has 3 nitrogen and oxygen atoms in total. The Balaban J connectivity index is 2.09. The third kappa shape index (κ3) is 1.82. The maximum absolute atomic E-state index is 12.4. The third-order valence-corrected chi connectivity index (χ3v) is 3.83. The fourth-order valence-corrected chi connectivity index (χ4v) is 2.77. The predicted molar refractivity (Wildman–Crippen MR) is 75.8 cm³/mol. The van der Waals surface area contributed by atoms with Crippen LogP contribution in [0.4, 0.5) is 0 Å². The molecule has 3 rings (SSSR count). The fraction of sp³-hybridized carbons (Fsp3) is 0.125. The number of Topliss-reactive ketones (excluding diaryl/α,β-unsaturated/α-hetero) is 2. The van der Waals surface area contributed by atoms with Crippen molar-refractivity contribution in [1.29, 1.82) is 0 Å². The summed E-state index contributed by atoms with van der Waals surface area (Å²) in [6, 6.07) is 11.8. The molecule has 0 aliphatic heterocycles. The summed E-state index contributed by atoms with van der Waals surface area (Å²) in [5.74, 6) is -0.643. The number of methoxy groups -OCH3 is 1. The van der Waals surface area contributed by atoms with Gasteiger partial charge in [-0.1, -0.05) is 41.9 Å². The summed E-state index contributed by atoms with van der Waals surface area (Å²) >= 11 is 6.18. The minimum absolute atomic E-state index is 0.197. The first-order chi connectivity index (χ1) is 9.63. The highest BCUT2D eigenvalue weighted by Crippen LogP contribution is 2.37. The lowest BCUT2D eigenvalue weighted by Gasteiger charge is -2.10. The van der Waals surface area contributed by atoms with Crippen LogP contribution in [0.1, 0.15) is 32.2 Å². The molecule has 1 aliphatic rings. The minimum atomic E-state index is -0.842. The van der Waals surface area contributed by atoms with E-state index in [4.69, 9.17) is 16.3 Å². The highest BCUT2D eigenvalue weighted by atomic mass is 35.5. The number of carbonyl (C=O) groups is 2. The number of ketones is 2. The molecule has 0 saturated carbocycles. The van der Waals surface area contributed by atoms with Crippen LogP contribution in [-0.4, -0.2) is 18.7 Å². The number of hydrogen-bond donors (Lipinski definition) is 0. The van der Waals surface area contributed by atoms with Crippen LogP contribution >= 0.6 is 11.6 Å². The molecule has 0 amide bonds. The van der Waals surface area contributed by atoms with Gasteiger partial charge in [0.15, 0.2) is 11.6 Å². The summed E-state index contributed by atoms with van der Waals surface area (Å²) in [5, 5.41) is 0.365. The monoisotopic (exact) mass is 286 g/mol. The molecule has 1 aliphatic carbocycles. The Morgan fingerprint density at radius 1 is 1.00 bits per heavy atom. The topological polar surface area (TPSA) is 43.4 Å². The smallest absolute Gasteiger partial charge is 0.178 e. The summed E-state index contributed by atoms with van der Waals surface area (Å²) < 4.78 is 5.07. The highest BCUT2D eigenvalue weighted by molar-refractivity contribution is 6.35. The number of carbonyl (C=O) groups excluding carboxylic acids is 2. The van der Waals surface area contributed by atoms with Gasteiger partial charge in [0.2, 0.25) is 0 Å². The van der Waals surface area contributed by atoms with Crippen molar-refractivity contribution in [1.82, 2.24) is 0 Å². The van der Waals surface area contributed by atoms with Gasteiger partial charge >= 0.3 is 0 Å². The summed E-state index contributed by atoms with van der Waals surface area (Å²) in [6.07, 6.45) is 0. The first kappa shape index (κ1) is 12.9. The van der Waals surface area contributed by atoms with E-state index < -0.39 is 5.92 Å². The lowest BCUT2D eigenvalue weighted by atomic mass is 9.94. The van der Waals surface area contributed by atoms with Gasteiger partial charge in [0.25, 0.3) is 0 Å². The molecule has 2 aromatic carbocycles. The van der Waals surface area contributed by atoms with Crippen molar-refractivity contribution in [3.63, 3.8) is 0 Å². The van der Waals surface area contributed by atoms with Gasteiger partial charge in [-0.2, -0.15) is 0 Å². The first-order valence-corrected chi connectivity index (χ1v) is 6.52. The zero-order valence-corrected chi connectivity index (χ0v) is 11.5. The molecule has 2 aromatic rings. The Labute approximate surface area is 121 Å². The number of rotatable bonds is 2. The summed E-state index contributed by atoms with van der Waals surface area (Å²) in [4.78, 5) is 24.8. The summed E-state index contributed by atoms with van der Waals surface area (Å²) in [7, 11) is 1.53. The predicted octanol–water partition coefficient (Wildman–Crippen LogP) is 3.51. The van der Waals surface area contributed by atoms with Gasteiger partial charge in [-0.3, -0.25) is 9.59 Å². The molecule has 0 unspecified atom stereocenters.